The second kappa shape index (κ2) is 5.53. The van der Waals surface area contributed by atoms with Crippen molar-refractivity contribution < 1.29 is 14.6 Å². The molecule has 1 atom stereocenters. The molecule has 1 aliphatic heterocycles. The molecular formula is C15H20O3. The largest absolute Gasteiger partial charge is 0.492 e. The second-order valence-corrected chi connectivity index (χ2v) is 4.78. The second-order valence-electron chi connectivity index (χ2n) is 4.78. The van der Waals surface area contributed by atoms with Crippen molar-refractivity contribution in [2.24, 2.45) is 5.92 Å². The number of aliphatic hydroxyl groups is 1. The molecule has 0 amide bonds. The van der Waals surface area contributed by atoms with Crippen LogP contribution in [0.4, 0.5) is 0 Å². The molecule has 18 heavy (non-hydrogen) atoms. The average Bonchev–Trinajstić information content (AvgIpc) is 2.87. The Balaban J connectivity index is 2.27. The Hall–Kier alpha value is -1.35. The summed E-state index contributed by atoms with van der Waals surface area (Å²) in [4.78, 5) is 12.3. The highest BCUT2D eigenvalue weighted by molar-refractivity contribution is 6.02. The molecule has 1 unspecified atom stereocenters. The molecule has 1 aliphatic rings. The van der Waals surface area contributed by atoms with Crippen LogP contribution >= 0.6 is 0 Å². The molecule has 1 heterocycles. The zero-order valence-electron chi connectivity index (χ0n) is 11.0. The number of carbonyl (C=O) groups is 1. The number of aliphatic hydroxyl groups excluding tert-OH is 1. The number of ketones is 1. The van der Waals surface area contributed by atoms with Gasteiger partial charge in [-0.3, -0.25) is 4.79 Å². The molecule has 0 saturated heterocycles. The van der Waals surface area contributed by atoms with Crippen LogP contribution < -0.4 is 4.74 Å². The van der Waals surface area contributed by atoms with Gasteiger partial charge in [-0.2, -0.15) is 0 Å². The van der Waals surface area contributed by atoms with Gasteiger partial charge in [-0.15, -0.1) is 0 Å². The van der Waals surface area contributed by atoms with Gasteiger partial charge in [-0.05, 0) is 17.5 Å². The fourth-order valence-corrected chi connectivity index (χ4v) is 2.52. The summed E-state index contributed by atoms with van der Waals surface area (Å²) in [5, 5.41) is 10.2. The number of rotatable bonds is 5. The molecule has 0 aromatic heterocycles. The first kappa shape index (κ1) is 13.1. The zero-order chi connectivity index (χ0) is 13.1. The molecule has 0 saturated carbocycles. The van der Waals surface area contributed by atoms with Crippen LogP contribution in [0.3, 0.4) is 0 Å². The molecule has 2 rings (SSSR count). The van der Waals surface area contributed by atoms with Crippen molar-refractivity contribution in [3.63, 3.8) is 0 Å². The van der Waals surface area contributed by atoms with Crippen molar-refractivity contribution in [2.45, 2.75) is 39.2 Å². The van der Waals surface area contributed by atoms with Crippen molar-refractivity contribution in [1.29, 1.82) is 0 Å². The average molecular weight is 248 g/mol. The fourth-order valence-electron chi connectivity index (χ4n) is 2.52. The number of hydrogen-bond acceptors (Lipinski definition) is 3. The molecule has 0 spiro atoms. The summed E-state index contributed by atoms with van der Waals surface area (Å²) in [5.41, 5.74) is 1.60. The van der Waals surface area contributed by atoms with Crippen LogP contribution in [0.2, 0.25) is 0 Å². The van der Waals surface area contributed by atoms with Crippen molar-refractivity contribution in [2.75, 3.05) is 6.61 Å². The van der Waals surface area contributed by atoms with Crippen LogP contribution in [0.15, 0.2) is 18.2 Å². The van der Waals surface area contributed by atoms with E-state index in [0.717, 1.165) is 24.8 Å². The number of ether oxygens (including phenoxy) is 1. The Morgan fingerprint density at radius 2 is 2.11 bits per heavy atom. The van der Waals surface area contributed by atoms with Gasteiger partial charge in [-0.1, -0.05) is 38.8 Å². The van der Waals surface area contributed by atoms with Crippen LogP contribution in [-0.4, -0.2) is 23.6 Å². The summed E-state index contributed by atoms with van der Waals surface area (Å²) in [7, 11) is 0. The maximum Gasteiger partial charge on any atom is 0.195 e. The normalized spacial score (nSPS) is 15.3. The van der Waals surface area contributed by atoms with Crippen LogP contribution in [0.1, 0.15) is 42.6 Å². The molecule has 3 nitrogen and oxygen atoms in total. The number of fused-ring (bicyclic) bond motifs is 1. The molecule has 3 heteroatoms. The van der Waals surface area contributed by atoms with Gasteiger partial charge < -0.3 is 9.84 Å². The predicted octanol–water partition coefficient (Wildman–Crippen LogP) is 2.60. The lowest BCUT2D eigenvalue weighted by Gasteiger charge is -2.19. The number of benzene rings is 1. The minimum absolute atomic E-state index is 0.0229. The van der Waals surface area contributed by atoms with E-state index in [0.29, 0.717) is 17.9 Å². The summed E-state index contributed by atoms with van der Waals surface area (Å²) < 4.78 is 5.52. The van der Waals surface area contributed by atoms with Gasteiger partial charge in [0, 0.05) is 6.42 Å². The maximum atomic E-state index is 12.3. The monoisotopic (exact) mass is 248 g/mol. The molecule has 1 N–H and O–H groups in total. The number of Topliss-reactive ketones (excluding diaryl/α,β-unsaturated/α-hetero) is 1. The number of para-hydroxylation sites is 1. The third-order valence-corrected chi connectivity index (χ3v) is 3.74. The Kier molecular flexibility index (Phi) is 4.02. The quantitative estimate of drug-likeness (QED) is 0.815. The number of carbonyl (C=O) groups excluding carboxylic acids is 1. The Morgan fingerprint density at radius 3 is 2.78 bits per heavy atom. The van der Waals surface area contributed by atoms with Crippen molar-refractivity contribution in [1.82, 2.24) is 0 Å². The van der Waals surface area contributed by atoms with Gasteiger partial charge in [0.15, 0.2) is 5.78 Å². The molecule has 1 aromatic carbocycles. The molecule has 0 radical (unpaired) electrons. The van der Waals surface area contributed by atoms with Gasteiger partial charge in [0.25, 0.3) is 0 Å². The minimum Gasteiger partial charge on any atom is -0.492 e. The lowest BCUT2D eigenvalue weighted by atomic mass is 9.90. The smallest absolute Gasteiger partial charge is 0.195 e. The molecular weight excluding hydrogens is 228 g/mol. The van der Waals surface area contributed by atoms with Gasteiger partial charge in [-0.25, -0.2) is 0 Å². The van der Waals surface area contributed by atoms with E-state index >= 15 is 0 Å². The Morgan fingerprint density at radius 1 is 1.39 bits per heavy atom. The van der Waals surface area contributed by atoms with Crippen molar-refractivity contribution >= 4 is 5.78 Å². The van der Waals surface area contributed by atoms with Crippen molar-refractivity contribution in [3.8, 4) is 5.75 Å². The lowest BCUT2D eigenvalue weighted by Crippen LogP contribution is -2.29. The zero-order valence-corrected chi connectivity index (χ0v) is 11.0. The van der Waals surface area contributed by atoms with E-state index in [1.165, 1.54) is 0 Å². The third-order valence-electron chi connectivity index (χ3n) is 3.74. The van der Waals surface area contributed by atoms with Crippen LogP contribution in [-0.2, 0) is 6.42 Å². The Labute approximate surface area is 108 Å². The first-order valence-corrected chi connectivity index (χ1v) is 6.66. The summed E-state index contributed by atoms with van der Waals surface area (Å²) in [5.74, 6) is 0.490. The highest BCUT2D eigenvalue weighted by Crippen LogP contribution is 2.31. The number of hydrogen-bond donors (Lipinski definition) is 1. The summed E-state index contributed by atoms with van der Waals surface area (Å²) in [6.07, 6.45) is 1.53. The van der Waals surface area contributed by atoms with Crippen LogP contribution in [0, 0.1) is 5.92 Å². The van der Waals surface area contributed by atoms with Gasteiger partial charge in [0.2, 0.25) is 0 Å². The van der Waals surface area contributed by atoms with E-state index in [2.05, 4.69) is 0 Å². The van der Waals surface area contributed by atoms with E-state index in [9.17, 15) is 9.90 Å². The van der Waals surface area contributed by atoms with Crippen LogP contribution in [0.5, 0.6) is 5.75 Å². The third kappa shape index (κ3) is 2.27. The predicted molar refractivity (Wildman–Crippen MR) is 70.1 cm³/mol. The van der Waals surface area contributed by atoms with E-state index < -0.39 is 6.10 Å². The topological polar surface area (TPSA) is 46.5 Å². The van der Waals surface area contributed by atoms with Crippen LogP contribution in [0.25, 0.3) is 0 Å². The first-order chi connectivity index (χ1) is 8.69. The standard InChI is InChI=1S/C15H20O3/c1-3-10(4-2)13(16)14(17)12-7-5-6-11-8-9-18-15(11)12/h5-7,10,13,16H,3-4,8-9H2,1-2H3. The molecule has 0 aliphatic carbocycles. The van der Waals surface area contributed by atoms with Crippen molar-refractivity contribution in [3.05, 3.63) is 29.3 Å². The fraction of sp³-hybridized carbons (Fsp3) is 0.533. The summed E-state index contributed by atoms with van der Waals surface area (Å²) >= 11 is 0. The Bertz CT molecular complexity index is 435. The summed E-state index contributed by atoms with van der Waals surface area (Å²) in [6, 6.07) is 5.58. The molecule has 1 aromatic rings. The SMILES string of the molecule is CCC(CC)C(O)C(=O)c1cccc2c1OCC2. The van der Waals surface area contributed by atoms with Gasteiger partial charge in [0.1, 0.15) is 11.9 Å². The highest BCUT2D eigenvalue weighted by Gasteiger charge is 2.28. The van der Waals surface area contributed by atoms with E-state index in [1.54, 1.807) is 6.07 Å². The highest BCUT2D eigenvalue weighted by atomic mass is 16.5. The van der Waals surface area contributed by atoms with E-state index in [1.807, 2.05) is 26.0 Å². The minimum atomic E-state index is -0.921. The van der Waals surface area contributed by atoms with Gasteiger partial charge in [0.05, 0.1) is 12.2 Å². The molecule has 98 valence electrons. The molecule has 0 bridgehead atoms. The maximum absolute atomic E-state index is 12.3. The van der Waals surface area contributed by atoms with E-state index in [-0.39, 0.29) is 11.7 Å². The van der Waals surface area contributed by atoms with Gasteiger partial charge >= 0.3 is 0 Å². The summed E-state index contributed by atoms with van der Waals surface area (Å²) in [6.45, 7) is 4.62. The van der Waals surface area contributed by atoms with E-state index in [4.69, 9.17) is 4.74 Å². The lowest BCUT2D eigenvalue weighted by molar-refractivity contribution is 0.0585. The molecule has 0 fully saturated rings. The first-order valence-electron chi connectivity index (χ1n) is 6.66.